The highest BCUT2D eigenvalue weighted by atomic mass is 35.5. The summed E-state index contributed by atoms with van der Waals surface area (Å²) >= 11 is 6.39. The van der Waals surface area contributed by atoms with Crippen molar-refractivity contribution in [2.24, 2.45) is 5.92 Å². The molecule has 0 saturated carbocycles. The van der Waals surface area contributed by atoms with E-state index < -0.39 is 29.6 Å². The van der Waals surface area contributed by atoms with Crippen LogP contribution in [0.1, 0.15) is 41.8 Å². The van der Waals surface area contributed by atoms with Crippen LogP contribution in [-0.4, -0.2) is 41.6 Å². The number of aryl methyl sites for hydroxylation is 1. The molecular formula is C24H26ClN3O5. The van der Waals surface area contributed by atoms with Crippen LogP contribution >= 0.6 is 11.6 Å². The van der Waals surface area contributed by atoms with Gasteiger partial charge in [-0.2, -0.15) is 0 Å². The molecule has 0 aliphatic carbocycles. The Kier molecular flexibility index (Phi) is 6.18. The zero-order valence-corrected chi connectivity index (χ0v) is 19.3. The number of ether oxygens (including phenoxy) is 1. The molecule has 2 aliphatic heterocycles. The molecule has 2 aromatic rings. The molecule has 2 heterocycles. The molecule has 9 heteroatoms. The molecule has 2 aromatic carbocycles. The van der Waals surface area contributed by atoms with Crippen molar-refractivity contribution in [1.82, 2.24) is 5.32 Å². The number of hydrogen-bond donors (Lipinski definition) is 4. The second kappa shape index (κ2) is 8.78. The average molecular weight is 472 g/mol. The lowest BCUT2D eigenvalue weighted by Crippen LogP contribution is -2.53. The van der Waals surface area contributed by atoms with Gasteiger partial charge in [-0.25, -0.2) is 4.79 Å². The summed E-state index contributed by atoms with van der Waals surface area (Å²) in [6.07, 6.45) is -0.524. The number of amides is 2. The fraction of sp³-hybridized carbons (Fsp3) is 0.375. The van der Waals surface area contributed by atoms with Gasteiger partial charge < -0.3 is 20.5 Å². The van der Waals surface area contributed by atoms with Crippen LogP contribution < -0.4 is 16.0 Å². The first-order chi connectivity index (χ1) is 15.7. The molecule has 4 atom stereocenters. The van der Waals surface area contributed by atoms with Crippen molar-refractivity contribution < 1.29 is 24.2 Å². The minimum Gasteiger partial charge on any atom is -0.462 e. The van der Waals surface area contributed by atoms with E-state index in [1.54, 1.807) is 44.2 Å². The van der Waals surface area contributed by atoms with E-state index >= 15 is 0 Å². The maximum atomic E-state index is 13.5. The third-order valence-corrected chi connectivity index (χ3v) is 6.54. The summed E-state index contributed by atoms with van der Waals surface area (Å²) in [5, 5.41) is 19.6. The van der Waals surface area contributed by atoms with Gasteiger partial charge in [-0.3, -0.25) is 14.9 Å². The maximum absolute atomic E-state index is 13.5. The number of carbonyl (C=O) groups is 3. The highest BCUT2D eigenvalue weighted by Crippen LogP contribution is 2.50. The van der Waals surface area contributed by atoms with Crippen LogP contribution in [0.5, 0.6) is 0 Å². The van der Waals surface area contributed by atoms with E-state index in [1.807, 2.05) is 13.0 Å². The Bertz CT molecular complexity index is 1120. The lowest BCUT2D eigenvalue weighted by atomic mass is 9.79. The van der Waals surface area contributed by atoms with Crippen molar-refractivity contribution in [2.75, 3.05) is 17.2 Å². The van der Waals surface area contributed by atoms with Crippen LogP contribution in [0.25, 0.3) is 0 Å². The standard InChI is InChI=1S/C24H26ClN3O5/c1-4-33-22(31)14-5-7-15(8-6-14)26-21(30)17-11-19(13(3)29)28-24(17)16-9-12(2)10-18(25)20(16)27-23(24)32/h5-10,13,17,19,28-29H,4,11H2,1-3H3,(H,26,30)(H,27,32)/t13?,17-,19-,24+/m1/s1. The first kappa shape index (κ1) is 23.2. The molecule has 1 fully saturated rings. The predicted octanol–water partition coefficient (Wildman–Crippen LogP) is 2.97. The third kappa shape index (κ3) is 3.99. The second-order valence-electron chi connectivity index (χ2n) is 8.50. The van der Waals surface area contributed by atoms with E-state index in [9.17, 15) is 19.5 Å². The van der Waals surface area contributed by atoms with E-state index in [4.69, 9.17) is 16.3 Å². The number of carbonyl (C=O) groups excluding carboxylic acids is 3. The Morgan fingerprint density at radius 3 is 2.64 bits per heavy atom. The molecule has 1 unspecified atom stereocenters. The largest absolute Gasteiger partial charge is 0.462 e. The van der Waals surface area contributed by atoms with Crippen LogP contribution in [0, 0.1) is 12.8 Å². The second-order valence-corrected chi connectivity index (χ2v) is 8.91. The molecule has 33 heavy (non-hydrogen) atoms. The molecule has 0 bridgehead atoms. The number of rotatable bonds is 5. The number of anilines is 2. The lowest BCUT2D eigenvalue weighted by molar-refractivity contribution is -0.130. The van der Waals surface area contributed by atoms with E-state index in [0.29, 0.717) is 27.5 Å². The Balaban J connectivity index is 1.67. The summed E-state index contributed by atoms with van der Waals surface area (Å²) in [6, 6.07) is 9.46. The number of halogens is 1. The minimum absolute atomic E-state index is 0.253. The van der Waals surface area contributed by atoms with Gasteiger partial charge in [0.1, 0.15) is 5.54 Å². The first-order valence-corrected chi connectivity index (χ1v) is 11.2. The molecular weight excluding hydrogens is 446 g/mol. The zero-order valence-electron chi connectivity index (χ0n) is 18.6. The van der Waals surface area contributed by atoms with E-state index in [2.05, 4.69) is 16.0 Å². The SMILES string of the molecule is CCOC(=O)c1ccc(NC(=O)[C@H]2C[C@H](C(C)O)N[C@]23C(=O)Nc2c(Cl)cc(C)cc23)cc1. The van der Waals surface area contributed by atoms with Crippen molar-refractivity contribution in [2.45, 2.75) is 44.9 Å². The smallest absolute Gasteiger partial charge is 0.338 e. The summed E-state index contributed by atoms with van der Waals surface area (Å²) in [6.45, 7) is 5.48. The number of esters is 1. The molecule has 4 N–H and O–H groups in total. The molecule has 0 radical (unpaired) electrons. The Labute approximate surface area is 196 Å². The van der Waals surface area contributed by atoms with Crippen molar-refractivity contribution in [3.63, 3.8) is 0 Å². The van der Waals surface area contributed by atoms with Crippen LogP contribution in [0.3, 0.4) is 0 Å². The summed E-state index contributed by atoms with van der Waals surface area (Å²) in [5.41, 5.74) is 1.41. The van der Waals surface area contributed by atoms with Gasteiger partial charge in [0, 0.05) is 17.3 Å². The Morgan fingerprint density at radius 2 is 2.00 bits per heavy atom. The topological polar surface area (TPSA) is 117 Å². The fourth-order valence-electron chi connectivity index (χ4n) is 4.64. The fourth-order valence-corrected chi connectivity index (χ4v) is 4.96. The number of nitrogens with one attached hydrogen (secondary N) is 3. The predicted molar refractivity (Wildman–Crippen MR) is 124 cm³/mol. The van der Waals surface area contributed by atoms with E-state index in [-0.39, 0.29) is 24.8 Å². The van der Waals surface area contributed by atoms with Crippen molar-refractivity contribution >= 4 is 40.8 Å². The van der Waals surface area contributed by atoms with Crippen LogP contribution in [0.4, 0.5) is 11.4 Å². The molecule has 4 rings (SSSR count). The number of hydrogen-bond acceptors (Lipinski definition) is 6. The van der Waals surface area contributed by atoms with Crippen LogP contribution in [-0.2, 0) is 19.9 Å². The summed E-state index contributed by atoms with van der Waals surface area (Å²) in [7, 11) is 0. The van der Waals surface area contributed by atoms with E-state index in [1.165, 1.54) is 0 Å². The molecule has 8 nitrogen and oxygen atoms in total. The van der Waals surface area contributed by atoms with E-state index in [0.717, 1.165) is 5.56 Å². The van der Waals surface area contributed by atoms with Gasteiger partial charge >= 0.3 is 5.97 Å². The Morgan fingerprint density at radius 1 is 1.30 bits per heavy atom. The van der Waals surface area contributed by atoms with Crippen molar-refractivity contribution in [3.8, 4) is 0 Å². The summed E-state index contributed by atoms with van der Waals surface area (Å²) in [5.74, 6) is -2.01. The zero-order chi connectivity index (χ0) is 23.9. The highest BCUT2D eigenvalue weighted by Gasteiger charge is 2.61. The minimum atomic E-state index is -1.36. The van der Waals surface area contributed by atoms with Gasteiger partial charge in [0.25, 0.3) is 0 Å². The third-order valence-electron chi connectivity index (χ3n) is 6.24. The Hall–Kier alpha value is -2.94. The monoisotopic (exact) mass is 471 g/mol. The van der Waals surface area contributed by atoms with Gasteiger partial charge in [-0.05, 0) is 63.1 Å². The molecule has 1 saturated heterocycles. The summed E-state index contributed by atoms with van der Waals surface area (Å²) in [4.78, 5) is 38.6. The van der Waals surface area contributed by atoms with Gasteiger partial charge in [-0.1, -0.05) is 17.7 Å². The van der Waals surface area contributed by atoms with Gasteiger partial charge in [-0.15, -0.1) is 0 Å². The molecule has 1 spiro atoms. The first-order valence-electron chi connectivity index (χ1n) is 10.8. The van der Waals surface area contributed by atoms with Crippen molar-refractivity contribution in [1.29, 1.82) is 0 Å². The molecule has 0 aromatic heterocycles. The number of benzene rings is 2. The lowest BCUT2D eigenvalue weighted by Gasteiger charge is -2.29. The molecule has 174 valence electrons. The van der Waals surface area contributed by atoms with Gasteiger partial charge in [0.05, 0.1) is 34.9 Å². The van der Waals surface area contributed by atoms with Gasteiger partial charge in [0.2, 0.25) is 11.8 Å². The molecule has 2 amide bonds. The number of aliphatic hydroxyl groups excluding tert-OH is 1. The average Bonchev–Trinajstić information content (AvgIpc) is 3.30. The summed E-state index contributed by atoms with van der Waals surface area (Å²) < 4.78 is 4.98. The number of fused-ring (bicyclic) bond motifs is 2. The quantitative estimate of drug-likeness (QED) is 0.498. The maximum Gasteiger partial charge on any atom is 0.338 e. The van der Waals surface area contributed by atoms with Crippen LogP contribution in [0.15, 0.2) is 36.4 Å². The molecule has 2 aliphatic rings. The highest BCUT2D eigenvalue weighted by molar-refractivity contribution is 6.35. The van der Waals surface area contributed by atoms with Crippen molar-refractivity contribution in [3.05, 3.63) is 58.1 Å². The normalized spacial score (nSPS) is 24.3. The van der Waals surface area contributed by atoms with Crippen LogP contribution in [0.2, 0.25) is 5.02 Å². The number of aliphatic hydroxyl groups is 1. The van der Waals surface area contributed by atoms with Gasteiger partial charge in [0.15, 0.2) is 0 Å².